The first-order chi connectivity index (χ1) is 5.72. The number of nitrogens with two attached hydrogens (primary N) is 1. The summed E-state index contributed by atoms with van der Waals surface area (Å²) >= 11 is 0. The van der Waals surface area contributed by atoms with Crippen LogP contribution in [0, 0.1) is 6.92 Å². The summed E-state index contributed by atoms with van der Waals surface area (Å²) in [5.74, 6) is 1.88. The van der Waals surface area contributed by atoms with Crippen molar-refractivity contribution < 1.29 is 0 Å². The van der Waals surface area contributed by atoms with Crippen molar-refractivity contribution in [1.82, 2.24) is 9.97 Å². The number of hydrogen-bond donors (Lipinski definition) is 2. The second-order valence-corrected chi connectivity index (χ2v) is 2.39. The fourth-order valence-corrected chi connectivity index (χ4v) is 0.858. The Bertz CT molecular complexity index is 262. The molecule has 1 rings (SSSR count). The maximum absolute atomic E-state index is 5.51. The van der Waals surface area contributed by atoms with Gasteiger partial charge in [-0.3, -0.25) is 0 Å². The normalized spacial score (nSPS) is 9.42. The molecule has 0 aliphatic heterocycles. The van der Waals surface area contributed by atoms with Crippen LogP contribution in [0.5, 0.6) is 0 Å². The quantitative estimate of drug-likeness (QED) is 0.653. The zero-order valence-electron chi connectivity index (χ0n) is 7.04. The van der Waals surface area contributed by atoms with E-state index in [0.717, 1.165) is 5.82 Å². The zero-order valence-corrected chi connectivity index (χ0v) is 7.04. The summed E-state index contributed by atoms with van der Waals surface area (Å²) in [7, 11) is 0. The van der Waals surface area contributed by atoms with Crippen LogP contribution in [-0.2, 0) is 0 Å². The highest BCUT2D eigenvalue weighted by Gasteiger charge is 1.96. The van der Waals surface area contributed by atoms with Gasteiger partial charge in [0, 0.05) is 12.6 Å². The molecule has 0 fully saturated rings. The highest BCUT2D eigenvalue weighted by Crippen LogP contribution is 2.06. The van der Waals surface area contributed by atoms with E-state index in [0.29, 0.717) is 18.2 Å². The van der Waals surface area contributed by atoms with Gasteiger partial charge in [0.15, 0.2) is 0 Å². The third kappa shape index (κ3) is 2.23. The molecule has 4 heteroatoms. The molecule has 1 aromatic rings. The van der Waals surface area contributed by atoms with E-state index >= 15 is 0 Å². The molecule has 1 aromatic heterocycles. The molecule has 0 atom stereocenters. The van der Waals surface area contributed by atoms with Gasteiger partial charge in [-0.25, -0.2) is 9.97 Å². The van der Waals surface area contributed by atoms with Gasteiger partial charge in [-0.1, -0.05) is 6.08 Å². The molecule has 1 heterocycles. The van der Waals surface area contributed by atoms with Crippen LogP contribution in [0.4, 0.5) is 11.6 Å². The number of aromatic nitrogens is 2. The molecule has 0 saturated heterocycles. The van der Waals surface area contributed by atoms with Crippen LogP contribution in [0.15, 0.2) is 18.7 Å². The summed E-state index contributed by atoms with van der Waals surface area (Å²) in [6.07, 6.45) is 1.76. The van der Waals surface area contributed by atoms with Crippen LogP contribution >= 0.6 is 0 Å². The Hall–Kier alpha value is -1.58. The molecule has 64 valence electrons. The molecule has 0 aromatic carbocycles. The number of anilines is 2. The second kappa shape index (κ2) is 3.71. The van der Waals surface area contributed by atoms with Crippen molar-refractivity contribution in [2.45, 2.75) is 6.92 Å². The Labute approximate surface area is 71.5 Å². The number of hydrogen-bond acceptors (Lipinski definition) is 4. The zero-order chi connectivity index (χ0) is 8.97. The lowest BCUT2D eigenvalue weighted by molar-refractivity contribution is 1.05. The van der Waals surface area contributed by atoms with Crippen LogP contribution in [0.1, 0.15) is 5.82 Å². The molecule has 0 aliphatic rings. The van der Waals surface area contributed by atoms with Gasteiger partial charge in [-0.2, -0.15) is 0 Å². The van der Waals surface area contributed by atoms with Gasteiger partial charge < -0.3 is 11.1 Å². The Kier molecular flexibility index (Phi) is 2.63. The molecular formula is C8H12N4. The number of aryl methyl sites for hydroxylation is 1. The molecule has 0 unspecified atom stereocenters. The van der Waals surface area contributed by atoms with E-state index < -0.39 is 0 Å². The van der Waals surface area contributed by atoms with Gasteiger partial charge in [0.1, 0.15) is 17.5 Å². The first-order valence-electron chi connectivity index (χ1n) is 3.68. The van der Waals surface area contributed by atoms with Crippen LogP contribution in [0.2, 0.25) is 0 Å². The minimum absolute atomic E-state index is 0.481. The molecule has 4 nitrogen and oxygen atoms in total. The number of nitrogen functional groups attached to an aromatic ring is 1. The van der Waals surface area contributed by atoms with Crippen molar-refractivity contribution >= 4 is 11.6 Å². The standard InChI is InChI=1S/C8H12N4/c1-3-4-10-8-5-7(9)11-6(2)12-8/h3,5H,1,4H2,2H3,(H3,9,10,11,12). The molecular weight excluding hydrogens is 152 g/mol. The molecule has 0 spiro atoms. The van der Waals surface area contributed by atoms with Crippen LogP contribution < -0.4 is 11.1 Å². The third-order valence-electron chi connectivity index (χ3n) is 1.29. The molecule has 0 bridgehead atoms. The molecule has 0 radical (unpaired) electrons. The van der Waals surface area contributed by atoms with Crippen molar-refractivity contribution in [1.29, 1.82) is 0 Å². The average Bonchev–Trinajstić information content (AvgIpc) is 1.99. The van der Waals surface area contributed by atoms with E-state index in [9.17, 15) is 0 Å². The maximum Gasteiger partial charge on any atom is 0.132 e. The van der Waals surface area contributed by atoms with Gasteiger partial charge in [0.05, 0.1) is 0 Å². The lowest BCUT2D eigenvalue weighted by Gasteiger charge is -2.03. The van der Waals surface area contributed by atoms with E-state index in [1.165, 1.54) is 0 Å². The lowest BCUT2D eigenvalue weighted by Crippen LogP contribution is -2.04. The topological polar surface area (TPSA) is 63.8 Å². The van der Waals surface area contributed by atoms with E-state index in [1.54, 1.807) is 19.1 Å². The first-order valence-corrected chi connectivity index (χ1v) is 3.68. The van der Waals surface area contributed by atoms with E-state index in [1.807, 2.05) is 0 Å². The summed E-state index contributed by atoms with van der Waals surface area (Å²) < 4.78 is 0. The Morgan fingerprint density at radius 1 is 1.67 bits per heavy atom. The lowest BCUT2D eigenvalue weighted by atomic mass is 10.5. The van der Waals surface area contributed by atoms with Gasteiger partial charge >= 0.3 is 0 Å². The minimum atomic E-state index is 0.481. The van der Waals surface area contributed by atoms with E-state index in [2.05, 4.69) is 21.9 Å². The van der Waals surface area contributed by atoms with Crippen LogP contribution in [0.25, 0.3) is 0 Å². The second-order valence-electron chi connectivity index (χ2n) is 2.39. The summed E-state index contributed by atoms with van der Waals surface area (Å²) in [4.78, 5) is 8.06. The van der Waals surface area contributed by atoms with E-state index in [4.69, 9.17) is 5.73 Å². The molecule has 0 amide bonds. The van der Waals surface area contributed by atoms with E-state index in [-0.39, 0.29) is 0 Å². The first kappa shape index (κ1) is 8.52. The Balaban J connectivity index is 2.78. The van der Waals surface area contributed by atoms with Crippen molar-refractivity contribution in [2.75, 3.05) is 17.6 Å². The molecule has 3 N–H and O–H groups in total. The molecule has 0 aliphatic carbocycles. The monoisotopic (exact) mass is 164 g/mol. The Morgan fingerprint density at radius 2 is 2.42 bits per heavy atom. The Morgan fingerprint density at radius 3 is 3.00 bits per heavy atom. The van der Waals surface area contributed by atoms with Crippen LogP contribution in [-0.4, -0.2) is 16.5 Å². The van der Waals surface area contributed by atoms with Crippen LogP contribution in [0.3, 0.4) is 0 Å². The number of rotatable bonds is 3. The van der Waals surface area contributed by atoms with Crippen molar-refractivity contribution in [3.63, 3.8) is 0 Å². The van der Waals surface area contributed by atoms with Crippen molar-refractivity contribution in [3.05, 3.63) is 24.5 Å². The highest BCUT2D eigenvalue weighted by molar-refractivity contribution is 5.44. The van der Waals surface area contributed by atoms with Crippen molar-refractivity contribution in [3.8, 4) is 0 Å². The van der Waals surface area contributed by atoms with Gasteiger partial charge in [0.25, 0.3) is 0 Å². The van der Waals surface area contributed by atoms with Gasteiger partial charge in [-0.15, -0.1) is 6.58 Å². The number of nitrogens with one attached hydrogen (secondary N) is 1. The predicted octanol–water partition coefficient (Wildman–Crippen LogP) is 0.965. The summed E-state index contributed by atoms with van der Waals surface area (Å²) in [6, 6.07) is 1.69. The fourth-order valence-electron chi connectivity index (χ4n) is 0.858. The number of nitrogens with zero attached hydrogens (tertiary/aromatic N) is 2. The smallest absolute Gasteiger partial charge is 0.132 e. The average molecular weight is 164 g/mol. The SMILES string of the molecule is C=CCNc1cc(N)nc(C)n1. The summed E-state index contributed by atoms with van der Waals surface area (Å²) in [5.41, 5.74) is 5.51. The fraction of sp³-hybridized carbons (Fsp3) is 0.250. The van der Waals surface area contributed by atoms with Gasteiger partial charge in [0.2, 0.25) is 0 Å². The van der Waals surface area contributed by atoms with Crippen molar-refractivity contribution in [2.24, 2.45) is 0 Å². The molecule has 12 heavy (non-hydrogen) atoms. The third-order valence-corrected chi connectivity index (χ3v) is 1.29. The maximum atomic E-state index is 5.51. The summed E-state index contributed by atoms with van der Waals surface area (Å²) in [6.45, 7) is 6.06. The van der Waals surface area contributed by atoms with Gasteiger partial charge in [-0.05, 0) is 6.92 Å². The molecule has 0 saturated carbocycles. The largest absolute Gasteiger partial charge is 0.384 e. The summed E-state index contributed by atoms with van der Waals surface area (Å²) in [5, 5.41) is 3.03. The highest BCUT2D eigenvalue weighted by atomic mass is 15.0. The predicted molar refractivity (Wildman–Crippen MR) is 49.9 cm³/mol. The minimum Gasteiger partial charge on any atom is -0.384 e.